The summed E-state index contributed by atoms with van der Waals surface area (Å²) in [6.45, 7) is 3.95. The van der Waals surface area contributed by atoms with Crippen LogP contribution < -0.4 is 9.47 Å². The lowest BCUT2D eigenvalue weighted by atomic mass is 10.0. The topological polar surface area (TPSA) is 31.4 Å². The molecule has 0 unspecified atom stereocenters. The second-order valence-corrected chi connectivity index (χ2v) is 5.69. The second kappa shape index (κ2) is 7.01. The summed E-state index contributed by atoms with van der Waals surface area (Å²) in [7, 11) is 1.62. The number of hydrogen-bond donors (Lipinski definition) is 0. The van der Waals surface area contributed by atoms with Gasteiger partial charge in [0.15, 0.2) is 11.5 Å². The highest BCUT2D eigenvalue weighted by molar-refractivity contribution is 6.35. The summed E-state index contributed by atoms with van der Waals surface area (Å²) in [4.78, 5) is 3.97. The van der Waals surface area contributed by atoms with Crippen molar-refractivity contribution in [3.05, 3.63) is 51.8 Å². The van der Waals surface area contributed by atoms with Crippen LogP contribution in [0.2, 0.25) is 10.0 Å². The van der Waals surface area contributed by atoms with Crippen molar-refractivity contribution in [3.63, 3.8) is 0 Å². The molecule has 0 aliphatic heterocycles. The molecule has 5 heteroatoms. The zero-order valence-electron chi connectivity index (χ0n) is 12.2. The Kier molecular flexibility index (Phi) is 5.32. The van der Waals surface area contributed by atoms with E-state index in [4.69, 9.17) is 32.7 Å². The third-order valence-corrected chi connectivity index (χ3v) is 3.60. The summed E-state index contributed by atoms with van der Waals surface area (Å²) in [5.41, 5.74) is 1.80. The maximum absolute atomic E-state index is 6.19. The van der Waals surface area contributed by atoms with Crippen LogP contribution in [0.15, 0.2) is 30.6 Å². The van der Waals surface area contributed by atoms with Crippen molar-refractivity contribution in [1.82, 2.24) is 4.98 Å². The third-order valence-electron chi connectivity index (χ3n) is 2.95. The van der Waals surface area contributed by atoms with Crippen LogP contribution in [0.4, 0.5) is 0 Å². The summed E-state index contributed by atoms with van der Waals surface area (Å²) in [5.74, 6) is 1.42. The van der Waals surface area contributed by atoms with Gasteiger partial charge in [0.1, 0.15) is 0 Å². The Labute approximate surface area is 134 Å². The van der Waals surface area contributed by atoms with Crippen molar-refractivity contribution >= 4 is 23.2 Å². The predicted molar refractivity (Wildman–Crippen MR) is 85.8 cm³/mol. The summed E-state index contributed by atoms with van der Waals surface area (Å²) in [5, 5.41) is 1.08. The predicted octanol–water partition coefficient (Wildman–Crippen LogP) is 4.78. The molecule has 2 aromatic rings. The van der Waals surface area contributed by atoms with Crippen LogP contribution >= 0.6 is 23.2 Å². The molecule has 1 aromatic carbocycles. The van der Waals surface area contributed by atoms with Gasteiger partial charge in [0.2, 0.25) is 0 Å². The van der Waals surface area contributed by atoms with Crippen LogP contribution in [-0.4, -0.2) is 18.2 Å². The number of benzene rings is 1. The Morgan fingerprint density at radius 2 is 1.81 bits per heavy atom. The van der Waals surface area contributed by atoms with E-state index in [-0.39, 0.29) is 6.10 Å². The molecular formula is C16H17Cl2NO2. The SMILES string of the molecule is COc1cccc(Cc2c(Cl)cncc2Cl)c1OC(C)C. The number of halogens is 2. The minimum atomic E-state index is 0.0448. The van der Waals surface area contributed by atoms with Gasteiger partial charge in [-0.05, 0) is 25.5 Å². The van der Waals surface area contributed by atoms with E-state index in [9.17, 15) is 0 Å². The van der Waals surface area contributed by atoms with Gasteiger partial charge < -0.3 is 9.47 Å². The Bertz CT molecular complexity index is 609. The molecule has 0 atom stereocenters. The molecule has 0 aliphatic carbocycles. The zero-order chi connectivity index (χ0) is 15.4. The first-order valence-electron chi connectivity index (χ1n) is 6.63. The normalized spacial score (nSPS) is 10.8. The van der Waals surface area contributed by atoms with E-state index in [2.05, 4.69) is 4.98 Å². The van der Waals surface area contributed by atoms with Gasteiger partial charge in [-0.1, -0.05) is 35.3 Å². The fraction of sp³-hybridized carbons (Fsp3) is 0.312. The van der Waals surface area contributed by atoms with E-state index in [1.807, 2.05) is 32.0 Å². The van der Waals surface area contributed by atoms with E-state index in [1.165, 1.54) is 0 Å². The molecule has 2 rings (SSSR count). The number of methoxy groups -OCH3 is 1. The monoisotopic (exact) mass is 325 g/mol. The lowest BCUT2D eigenvalue weighted by Crippen LogP contribution is -2.09. The quantitative estimate of drug-likeness (QED) is 0.793. The van der Waals surface area contributed by atoms with Gasteiger partial charge in [-0.2, -0.15) is 0 Å². The lowest BCUT2D eigenvalue weighted by Gasteiger charge is -2.18. The highest BCUT2D eigenvalue weighted by Crippen LogP contribution is 2.35. The molecule has 0 fully saturated rings. The summed E-state index contributed by atoms with van der Waals surface area (Å²) in [6, 6.07) is 5.77. The largest absolute Gasteiger partial charge is 0.493 e. The minimum absolute atomic E-state index is 0.0448. The first-order valence-corrected chi connectivity index (χ1v) is 7.39. The molecule has 0 saturated heterocycles. The zero-order valence-corrected chi connectivity index (χ0v) is 13.7. The molecule has 1 aromatic heterocycles. The molecule has 0 spiro atoms. The molecule has 21 heavy (non-hydrogen) atoms. The van der Waals surface area contributed by atoms with Gasteiger partial charge in [-0.3, -0.25) is 4.98 Å². The van der Waals surface area contributed by atoms with E-state index < -0.39 is 0 Å². The molecule has 0 saturated carbocycles. The number of rotatable bonds is 5. The van der Waals surface area contributed by atoms with Crippen molar-refractivity contribution in [2.24, 2.45) is 0 Å². The number of nitrogens with zero attached hydrogens (tertiary/aromatic N) is 1. The van der Waals surface area contributed by atoms with Gasteiger partial charge >= 0.3 is 0 Å². The van der Waals surface area contributed by atoms with Gasteiger partial charge in [0.05, 0.1) is 23.3 Å². The fourth-order valence-corrected chi connectivity index (χ4v) is 2.53. The first-order chi connectivity index (χ1) is 10.0. The number of pyridine rings is 1. The molecule has 1 heterocycles. The Morgan fingerprint density at radius 3 is 2.38 bits per heavy atom. The third kappa shape index (κ3) is 3.80. The lowest BCUT2D eigenvalue weighted by molar-refractivity contribution is 0.228. The molecule has 0 N–H and O–H groups in total. The standard InChI is InChI=1S/C16H17Cl2NO2/c1-10(2)21-16-11(5-4-6-15(16)20-3)7-12-13(17)8-19-9-14(12)18/h4-6,8-10H,7H2,1-3H3. The Balaban J connectivity index is 2.44. The van der Waals surface area contributed by atoms with Gasteiger partial charge in [-0.25, -0.2) is 0 Å². The van der Waals surface area contributed by atoms with E-state index in [0.29, 0.717) is 22.2 Å². The number of aromatic nitrogens is 1. The van der Waals surface area contributed by atoms with Crippen LogP contribution in [0, 0.1) is 0 Å². The molecule has 0 radical (unpaired) electrons. The Hall–Kier alpha value is -1.45. The van der Waals surface area contributed by atoms with Crippen LogP contribution in [0.5, 0.6) is 11.5 Å². The Morgan fingerprint density at radius 1 is 1.14 bits per heavy atom. The average molecular weight is 326 g/mol. The van der Waals surface area contributed by atoms with Crippen molar-refractivity contribution in [2.45, 2.75) is 26.4 Å². The average Bonchev–Trinajstić information content (AvgIpc) is 2.44. The molecule has 112 valence electrons. The van der Waals surface area contributed by atoms with Crippen LogP contribution in [0.3, 0.4) is 0 Å². The maximum atomic E-state index is 6.19. The van der Waals surface area contributed by atoms with Gasteiger partial charge in [-0.15, -0.1) is 0 Å². The molecule has 3 nitrogen and oxygen atoms in total. The highest BCUT2D eigenvalue weighted by atomic mass is 35.5. The van der Waals surface area contributed by atoms with Crippen molar-refractivity contribution in [3.8, 4) is 11.5 Å². The summed E-state index contributed by atoms with van der Waals surface area (Å²) >= 11 is 12.4. The number of para-hydroxylation sites is 1. The smallest absolute Gasteiger partial charge is 0.165 e. The van der Waals surface area contributed by atoms with Crippen molar-refractivity contribution in [1.29, 1.82) is 0 Å². The summed E-state index contributed by atoms with van der Waals surface area (Å²) < 4.78 is 11.3. The van der Waals surface area contributed by atoms with Crippen LogP contribution in [-0.2, 0) is 6.42 Å². The van der Waals surface area contributed by atoms with Gasteiger partial charge in [0, 0.05) is 24.4 Å². The molecule has 0 amide bonds. The van der Waals surface area contributed by atoms with E-state index in [0.717, 1.165) is 16.9 Å². The highest BCUT2D eigenvalue weighted by Gasteiger charge is 2.15. The molecule has 0 aliphatic rings. The minimum Gasteiger partial charge on any atom is -0.493 e. The van der Waals surface area contributed by atoms with E-state index >= 15 is 0 Å². The van der Waals surface area contributed by atoms with Crippen molar-refractivity contribution in [2.75, 3.05) is 7.11 Å². The van der Waals surface area contributed by atoms with Crippen molar-refractivity contribution < 1.29 is 9.47 Å². The first kappa shape index (κ1) is 15.9. The summed E-state index contributed by atoms with van der Waals surface area (Å²) in [6.07, 6.45) is 3.78. The maximum Gasteiger partial charge on any atom is 0.165 e. The fourth-order valence-electron chi connectivity index (χ4n) is 2.03. The number of ether oxygens (including phenoxy) is 2. The van der Waals surface area contributed by atoms with E-state index in [1.54, 1.807) is 19.5 Å². The number of hydrogen-bond acceptors (Lipinski definition) is 3. The van der Waals surface area contributed by atoms with Gasteiger partial charge in [0.25, 0.3) is 0 Å². The molecular weight excluding hydrogens is 309 g/mol. The molecule has 0 bridgehead atoms. The van der Waals surface area contributed by atoms with Crippen LogP contribution in [0.25, 0.3) is 0 Å². The second-order valence-electron chi connectivity index (χ2n) is 4.87. The van der Waals surface area contributed by atoms with Crippen LogP contribution in [0.1, 0.15) is 25.0 Å².